The van der Waals surface area contributed by atoms with Crippen LogP contribution in [0.5, 0.6) is 0 Å². The lowest BCUT2D eigenvalue weighted by atomic mass is 9.73. The molecule has 2 N–H and O–H groups in total. The number of nitrogens with zero attached hydrogens (tertiary/aromatic N) is 2. The third kappa shape index (κ3) is 7.14. The topological polar surface area (TPSA) is 106 Å². The number of alkyl halides is 2. The number of amides is 1. The number of rotatable bonds is 10. The summed E-state index contributed by atoms with van der Waals surface area (Å²) in [6.45, 7) is -0.985. The number of fused-ring (bicyclic) bond motifs is 1. The standard InChI is InChI=1S/C34H27F4N3O4.C2H7N/c1-2-4-20-14-29-25(27(18-42)30(45-29)19-5-8-22(35)9-6-19)15-24(20)21-7-10-28(36)26(13-21)31(43)41-34(32-39-11-3-12-40-32)16-23(17-34)44-33(37)38;1-3-2/h3,5-15,18,23,33H,2,4,16-17H2,1H3,(H,41,43);3H,1-2H3. The first-order valence-corrected chi connectivity index (χ1v) is 15.4. The number of halogens is 4. The number of hydrogen-bond acceptors (Lipinski definition) is 7. The fourth-order valence-corrected chi connectivity index (χ4v) is 5.88. The van der Waals surface area contributed by atoms with Crippen molar-refractivity contribution >= 4 is 23.2 Å². The maximum atomic E-state index is 15.2. The second-order valence-electron chi connectivity index (χ2n) is 11.5. The molecule has 1 aliphatic rings. The minimum atomic E-state index is -2.98. The summed E-state index contributed by atoms with van der Waals surface area (Å²) in [7, 11) is 3.75. The third-order valence-electron chi connectivity index (χ3n) is 8.01. The van der Waals surface area contributed by atoms with Gasteiger partial charge in [0, 0.05) is 36.2 Å². The lowest BCUT2D eigenvalue weighted by Crippen LogP contribution is -2.58. The fourth-order valence-electron chi connectivity index (χ4n) is 5.88. The van der Waals surface area contributed by atoms with E-state index >= 15 is 4.39 Å². The highest BCUT2D eigenvalue weighted by molar-refractivity contribution is 6.04. The Balaban J connectivity index is 0.00000145. The molecule has 0 saturated heterocycles. The van der Waals surface area contributed by atoms with Crippen LogP contribution in [0.3, 0.4) is 0 Å². The molecule has 5 aromatic rings. The molecule has 12 heteroatoms. The highest BCUT2D eigenvalue weighted by Crippen LogP contribution is 2.43. The maximum Gasteiger partial charge on any atom is 0.345 e. The predicted molar refractivity (Wildman–Crippen MR) is 173 cm³/mol. The highest BCUT2D eigenvalue weighted by Gasteiger charge is 2.50. The smallest absolute Gasteiger partial charge is 0.345 e. The summed E-state index contributed by atoms with van der Waals surface area (Å²) in [4.78, 5) is 34.3. The number of aromatic nitrogens is 2. The van der Waals surface area contributed by atoms with Crippen molar-refractivity contribution in [1.82, 2.24) is 20.6 Å². The van der Waals surface area contributed by atoms with Gasteiger partial charge in [-0.1, -0.05) is 19.4 Å². The summed E-state index contributed by atoms with van der Waals surface area (Å²) in [6.07, 6.45) is 4.12. The van der Waals surface area contributed by atoms with E-state index in [0.717, 1.165) is 12.0 Å². The number of aldehydes is 1. The van der Waals surface area contributed by atoms with E-state index in [4.69, 9.17) is 4.42 Å². The van der Waals surface area contributed by atoms with Crippen molar-refractivity contribution in [3.05, 3.63) is 107 Å². The van der Waals surface area contributed by atoms with E-state index in [9.17, 15) is 22.8 Å². The van der Waals surface area contributed by atoms with Crippen molar-refractivity contribution in [3.63, 3.8) is 0 Å². The Kier molecular flexibility index (Phi) is 10.7. The average Bonchev–Trinajstić information content (AvgIpc) is 3.42. The summed E-state index contributed by atoms with van der Waals surface area (Å²) in [5.41, 5.74) is 1.81. The molecule has 0 aliphatic heterocycles. The lowest BCUT2D eigenvalue weighted by Gasteiger charge is -2.46. The van der Waals surface area contributed by atoms with Crippen LogP contribution in [-0.2, 0) is 16.7 Å². The zero-order valence-corrected chi connectivity index (χ0v) is 26.5. The first-order chi connectivity index (χ1) is 23.1. The van der Waals surface area contributed by atoms with Gasteiger partial charge < -0.3 is 19.8 Å². The van der Waals surface area contributed by atoms with Crippen LogP contribution in [0.15, 0.2) is 77.5 Å². The molecule has 1 amide bonds. The van der Waals surface area contributed by atoms with Crippen molar-refractivity contribution in [2.24, 2.45) is 0 Å². The normalized spacial score (nSPS) is 17.0. The summed E-state index contributed by atoms with van der Waals surface area (Å²) in [5, 5.41) is 6.04. The number of carbonyl (C=O) groups excluding carboxylic acids is 2. The minimum absolute atomic E-state index is 0.0168. The molecule has 0 bridgehead atoms. The van der Waals surface area contributed by atoms with Gasteiger partial charge in [-0.25, -0.2) is 18.7 Å². The molecule has 3 aromatic carbocycles. The minimum Gasteiger partial charge on any atom is -0.455 e. The molecule has 0 radical (unpaired) electrons. The number of ether oxygens (including phenoxy) is 1. The van der Waals surface area contributed by atoms with Crippen LogP contribution in [0, 0.1) is 11.6 Å². The molecule has 2 heterocycles. The quantitative estimate of drug-likeness (QED) is 0.118. The van der Waals surface area contributed by atoms with Gasteiger partial charge in [0.05, 0.1) is 17.2 Å². The van der Waals surface area contributed by atoms with E-state index in [2.05, 4.69) is 25.3 Å². The maximum absolute atomic E-state index is 15.2. The lowest BCUT2D eigenvalue weighted by molar-refractivity contribution is -0.198. The molecule has 250 valence electrons. The van der Waals surface area contributed by atoms with Gasteiger partial charge in [0.15, 0.2) is 12.1 Å². The van der Waals surface area contributed by atoms with Gasteiger partial charge in [-0.05, 0) is 91.8 Å². The van der Waals surface area contributed by atoms with Crippen LogP contribution >= 0.6 is 0 Å². The van der Waals surface area contributed by atoms with Gasteiger partial charge in [-0.2, -0.15) is 8.78 Å². The Labute approximate surface area is 274 Å². The van der Waals surface area contributed by atoms with Gasteiger partial charge in [0.1, 0.15) is 28.5 Å². The Morgan fingerprint density at radius 2 is 1.71 bits per heavy atom. The molecule has 48 heavy (non-hydrogen) atoms. The van der Waals surface area contributed by atoms with Crippen molar-refractivity contribution < 1.29 is 36.3 Å². The first kappa shape index (κ1) is 34.4. The first-order valence-electron chi connectivity index (χ1n) is 15.4. The Bertz CT molecular complexity index is 1890. The van der Waals surface area contributed by atoms with Crippen LogP contribution in [0.4, 0.5) is 17.6 Å². The molecule has 6 rings (SSSR count). The third-order valence-corrected chi connectivity index (χ3v) is 8.01. The highest BCUT2D eigenvalue weighted by atomic mass is 19.3. The van der Waals surface area contributed by atoms with E-state index in [0.29, 0.717) is 46.1 Å². The molecular formula is C36H34F4N4O4. The molecule has 0 unspecified atom stereocenters. The largest absolute Gasteiger partial charge is 0.455 e. The second kappa shape index (κ2) is 14.9. The second-order valence-corrected chi connectivity index (χ2v) is 11.5. The van der Waals surface area contributed by atoms with E-state index in [1.54, 1.807) is 18.2 Å². The molecule has 1 fully saturated rings. The monoisotopic (exact) mass is 662 g/mol. The van der Waals surface area contributed by atoms with E-state index in [-0.39, 0.29) is 29.8 Å². The van der Waals surface area contributed by atoms with Crippen LogP contribution in [0.2, 0.25) is 0 Å². The zero-order valence-electron chi connectivity index (χ0n) is 26.5. The Hall–Kier alpha value is -4.94. The van der Waals surface area contributed by atoms with Gasteiger partial charge in [0.2, 0.25) is 0 Å². The van der Waals surface area contributed by atoms with Crippen molar-refractivity contribution in [2.45, 2.75) is 50.9 Å². The van der Waals surface area contributed by atoms with E-state index in [1.165, 1.54) is 48.8 Å². The molecule has 1 aliphatic carbocycles. The van der Waals surface area contributed by atoms with Gasteiger partial charge in [-0.3, -0.25) is 9.59 Å². The summed E-state index contributed by atoms with van der Waals surface area (Å²) < 4.78 is 65.2. The van der Waals surface area contributed by atoms with E-state index < -0.39 is 35.8 Å². The summed E-state index contributed by atoms with van der Waals surface area (Å²) in [6, 6.07) is 14.9. The summed E-state index contributed by atoms with van der Waals surface area (Å²) in [5.74, 6) is -1.48. The zero-order chi connectivity index (χ0) is 34.4. The van der Waals surface area contributed by atoms with Gasteiger partial charge in [0.25, 0.3) is 5.91 Å². The van der Waals surface area contributed by atoms with Crippen LogP contribution in [-0.4, -0.2) is 49.0 Å². The SMILES string of the molecule is CCCc1cc2oc(-c3ccc(F)cc3)c(C=O)c2cc1-c1ccc(F)c(C(=O)NC2(c3ncccn3)CC(OC(F)F)C2)c1.CNC. The Morgan fingerprint density at radius 3 is 2.33 bits per heavy atom. The van der Waals surface area contributed by atoms with E-state index in [1.807, 2.05) is 27.1 Å². The number of furan rings is 1. The molecule has 0 spiro atoms. The molecule has 8 nitrogen and oxygen atoms in total. The van der Waals surface area contributed by atoms with Gasteiger partial charge in [-0.15, -0.1) is 0 Å². The number of nitrogens with one attached hydrogen (secondary N) is 2. The van der Waals surface area contributed by atoms with Crippen molar-refractivity contribution in [1.29, 1.82) is 0 Å². The number of benzene rings is 3. The molecule has 0 atom stereocenters. The van der Waals surface area contributed by atoms with Crippen LogP contribution in [0.1, 0.15) is 58.3 Å². The number of hydrogen-bond donors (Lipinski definition) is 2. The Morgan fingerprint density at radius 1 is 1.04 bits per heavy atom. The summed E-state index contributed by atoms with van der Waals surface area (Å²) >= 11 is 0. The predicted octanol–water partition coefficient (Wildman–Crippen LogP) is 7.46. The van der Waals surface area contributed by atoms with Crippen LogP contribution in [0.25, 0.3) is 33.4 Å². The van der Waals surface area contributed by atoms with Crippen molar-refractivity contribution in [3.8, 4) is 22.5 Å². The number of aryl methyl sites for hydroxylation is 1. The van der Waals surface area contributed by atoms with Crippen molar-refractivity contribution in [2.75, 3.05) is 14.1 Å². The molecule has 2 aromatic heterocycles. The average molecular weight is 663 g/mol. The fraction of sp³-hybridized carbons (Fsp3) is 0.278. The van der Waals surface area contributed by atoms with Crippen LogP contribution < -0.4 is 10.6 Å². The number of carbonyl (C=O) groups is 2. The molecular weight excluding hydrogens is 628 g/mol. The molecule has 1 saturated carbocycles. The van der Waals surface area contributed by atoms with Gasteiger partial charge >= 0.3 is 6.61 Å².